The number of carbonyl (C=O) groups is 1. The van der Waals surface area contributed by atoms with Gasteiger partial charge in [0.15, 0.2) is 0 Å². The van der Waals surface area contributed by atoms with Gasteiger partial charge in [0.2, 0.25) is 0 Å². The number of hydrogen-bond acceptors (Lipinski definition) is 2. The lowest BCUT2D eigenvalue weighted by Gasteiger charge is -2.11. The molecule has 0 atom stereocenters. The molecule has 4 aromatic rings. The number of anilines is 1. The number of carbonyl (C=O) groups excluding carboxylic acids is 1. The number of pyridine rings is 1. The zero-order chi connectivity index (χ0) is 17.2. The topological polar surface area (TPSA) is 46.9 Å². The van der Waals surface area contributed by atoms with Gasteiger partial charge in [-0.3, -0.25) is 9.36 Å². The molecule has 1 amide bonds. The van der Waals surface area contributed by atoms with E-state index in [-0.39, 0.29) is 5.91 Å². The molecular formula is C21H17N3O. The second kappa shape index (κ2) is 6.24. The zero-order valence-electron chi connectivity index (χ0n) is 13.8. The Hall–Kier alpha value is -3.40. The second-order valence-electron chi connectivity index (χ2n) is 5.83. The van der Waals surface area contributed by atoms with Crippen LogP contribution in [0, 0.1) is 6.92 Å². The minimum atomic E-state index is -0.148. The van der Waals surface area contributed by atoms with E-state index in [2.05, 4.69) is 10.3 Å². The number of para-hydroxylation sites is 2. The molecule has 0 aliphatic carbocycles. The highest BCUT2D eigenvalue weighted by atomic mass is 16.2. The fraction of sp³-hybridized carbons (Fsp3) is 0.0476. The van der Waals surface area contributed by atoms with Gasteiger partial charge in [-0.05, 0) is 42.8 Å². The first kappa shape index (κ1) is 15.1. The average molecular weight is 327 g/mol. The van der Waals surface area contributed by atoms with Crippen LogP contribution in [0.4, 0.5) is 5.69 Å². The lowest BCUT2D eigenvalue weighted by atomic mass is 10.1. The summed E-state index contributed by atoms with van der Waals surface area (Å²) in [5.74, 6) is 0.579. The van der Waals surface area contributed by atoms with E-state index < -0.39 is 0 Å². The van der Waals surface area contributed by atoms with Crippen LogP contribution in [0.2, 0.25) is 0 Å². The smallest absolute Gasteiger partial charge is 0.273 e. The normalized spacial score (nSPS) is 10.8. The lowest BCUT2D eigenvalue weighted by Crippen LogP contribution is -2.17. The van der Waals surface area contributed by atoms with Crippen LogP contribution < -0.4 is 5.32 Å². The van der Waals surface area contributed by atoms with Crippen molar-refractivity contribution in [2.75, 3.05) is 5.32 Å². The van der Waals surface area contributed by atoms with E-state index in [1.54, 1.807) is 6.20 Å². The molecule has 2 aromatic heterocycles. The number of nitrogens with zero attached hydrogens (tertiary/aromatic N) is 2. The van der Waals surface area contributed by atoms with Gasteiger partial charge in [0.1, 0.15) is 11.5 Å². The van der Waals surface area contributed by atoms with Crippen molar-refractivity contribution in [3.8, 4) is 5.82 Å². The highest BCUT2D eigenvalue weighted by Crippen LogP contribution is 2.28. The van der Waals surface area contributed by atoms with Gasteiger partial charge in [-0.15, -0.1) is 0 Å². The molecule has 0 fully saturated rings. The molecule has 1 N–H and O–H groups in total. The predicted molar refractivity (Wildman–Crippen MR) is 100 cm³/mol. The summed E-state index contributed by atoms with van der Waals surface area (Å²) in [6, 6.07) is 23.2. The van der Waals surface area contributed by atoms with Crippen LogP contribution in [0.25, 0.3) is 16.7 Å². The van der Waals surface area contributed by atoms with Gasteiger partial charge in [0.25, 0.3) is 5.91 Å². The third-order valence-corrected chi connectivity index (χ3v) is 4.25. The quantitative estimate of drug-likeness (QED) is 0.598. The molecule has 0 aliphatic rings. The molecule has 0 unspecified atom stereocenters. The Morgan fingerprint density at radius 3 is 2.40 bits per heavy atom. The Morgan fingerprint density at radius 2 is 1.64 bits per heavy atom. The van der Waals surface area contributed by atoms with Gasteiger partial charge in [-0.25, -0.2) is 4.98 Å². The fourth-order valence-corrected chi connectivity index (χ4v) is 3.11. The molecule has 0 aliphatic heterocycles. The summed E-state index contributed by atoms with van der Waals surface area (Å²) in [5.41, 5.74) is 3.28. The maximum absolute atomic E-state index is 13.0. The molecule has 0 spiro atoms. The number of rotatable bonds is 3. The van der Waals surface area contributed by atoms with Gasteiger partial charge < -0.3 is 5.32 Å². The van der Waals surface area contributed by atoms with Crippen LogP contribution in [0.15, 0.2) is 79.0 Å². The third kappa shape index (κ3) is 2.68. The van der Waals surface area contributed by atoms with Crippen LogP contribution >= 0.6 is 0 Å². The Bertz CT molecular complexity index is 1040. The molecule has 4 nitrogen and oxygen atoms in total. The fourth-order valence-electron chi connectivity index (χ4n) is 3.11. The Kier molecular flexibility index (Phi) is 3.78. The highest BCUT2D eigenvalue weighted by Gasteiger charge is 2.21. The van der Waals surface area contributed by atoms with E-state index in [0.717, 1.165) is 28.0 Å². The van der Waals surface area contributed by atoms with Gasteiger partial charge >= 0.3 is 0 Å². The van der Waals surface area contributed by atoms with E-state index in [9.17, 15) is 4.79 Å². The first-order valence-corrected chi connectivity index (χ1v) is 8.13. The van der Waals surface area contributed by atoms with Crippen molar-refractivity contribution in [2.24, 2.45) is 0 Å². The van der Waals surface area contributed by atoms with Crippen LogP contribution in [-0.4, -0.2) is 15.5 Å². The van der Waals surface area contributed by atoms with Crippen LogP contribution in [0.5, 0.6) is 0 Å². The number of aryl methyl sites for hydroxylation is 1. The van der Waals surface area contributed by atoms with Crippen LogP contribution in [0.3, 0.4) is 0 Å². The summed E-state index contributed by atoms with van der Waals surface area (Å²) in [5, 5.41) is 4.03. The van der Waals surface area contributed by atoms with Gasteiger partial charge in [-0.1, -0.05) is 42.5 Å². The molecule has 2 heterocycles. The first-order chi connectivity index (χ1) is 12.3. The summed E-state index contributed by atoms with van der Waals surface area (Å²) >= 11 is 0. The monoisotopic (exact) mass is 327 g/mol. The molecule has 122 valence electrons. The van der Waals surface area contributed by atoms with E-state index in [1.165, 1.54) is 0 Å². The van der Waals surface area contributed by atoms with Gasteiger partial charge in [0, 0.05) is 17.3 Å². The van der Waals surface area contributed by atoms with E-state index in [1.807, 2.05) is 84.3 Å². The average Bonchev–Trinajstić information content (AvgIpc) is 2.96. The second-order valence-corrected chi connectivity index (χ2v) is 5.83. The largest absolute Gasteiger partial charge is 0.321 e. The van der Waals surface area contributed by atoms with E-state index in [0.29, 0.717) is 5.69 Å². The van der Waals surface area contributed by atoms with Crippen molar-refractivity contribution in [3.05, 3.63) is 90.3 Å². The van der Waals surface area contributed by atoms with E-state index >= 15 is 0 Å². The van der Waals surface area contributed by atoms with Crippen molar-refractivity contribution in [2.45, 2.75) is 6.92 Å². The number of nitrogens with one attached hydrogen (secondary N) is 1. The molecule has 25 heavy (non-hydrogen) atoms. The lowest BCUT2D eigenvalue weighted by molar-refractivity contribution is 0.102. The summed E-state index contributed by atoms with van der Waals surface area (Å²) in [7, 11) is 0. The SMILES string of the molecule is Cc1c(C(=O)Nc2ccccc2)n(-c2ccccn2)c2ccccc12. The summed E-state index contributed by atoms with van der Waals surface area (Å²) < 4.78 is 1.92. The predicted octanol–water partition coefficient (Wildman–Crippen LogP) is 4.59. The van der Waals surface area contributed by atoms with Crippen LogP contribution in [0.1, 0.15) is 16.1 Å². The molecule has 0 saturated carbocycles. The Labute approximate surface area is 145 Å². The van der Waals surface area contributed by atoms with Crippen molar-refractivity contribution in [3.63, 3.8) is 0 Å². The van der Waals surface area contributed by atoms with Gasteiger partial charge in [-0.2, -0.15) is 0 Å². The summed E-state index contributed by atoms with van der Waals surface area (Å²) in [4.78, 5) is 17.5. The van der Waals surface area contributed by atoms with Crippen molar-refractivity contribution in [1.82, 2.24) is 9.55 Å². The number of amides is 1. The van der Waals surface area contributed by atoms with Crippen LogP contribution in [-0.2, 0) is 0 Å². The molecule has 0 radical (unpaired) electrons. The molecule has 0 bridgehead atoms. The number of aromatic nitrogens is 2. The number of benzene rings is 2. The third-order valence-electron chi connectivity index (χ3n) is 4.25. The summed E-state index contributed by atoms with van der Waals surface area (Å²) in [6.07, 6.45) is 1.73. The maximum Gasteiger partial charge on any atom is 0.273 e. The minimum absolute atomic E-state index is 0.148. The molecular weight excluding hydrogens is 310 g/mol. The molecule has 0 saturated heterocycles. The molecule has 4 heteroatoms. The van der Waals surface area contributed by atoms with Crippen molar-refractivity contribution >= 4 is 22.5 Å². The number of fused-ring (bicyclic) bond motifs is 1. The highest BCUT2D eigenvalue weighted by molar-refractivity contribution is 6.09. The molecule has 4 rings (SSSR count). The van der Waals surface area contributed by atoms with Gasteiger partial charge in [0.05, 0.1) is 5.52 Å². The zero-order valence-corrected chi connectivity index (χ0v) is 13.8. The molecule has 2 aromatic carbocycles. The Balaban J connectivity index is 1.91. The van der Waals surface area contributed by atoms with Crippen molar-refractivity contribution < 1.29 is 4.79 Å². The number of hydrogen-bond donors (Lipinski definition) is 1. The minimum Gasteiger partial charge on any atom is -0.321 e. The summed E-state index contributed by atoms with van der Waals surface area (Å²) in [6.45, 7) is 1.97. The van der Waals surface area contributed by atoms with E-state index in [4.69, 9.17) is 0 Å². The first-order valence-electron chi connectivity index (χ1n) is 8.13. The Morgan fingerprint density at radius 1 is 0.920 bits per heavy atom. The maximum atomic E-state index is 13.0. The standard InChI is InChI=1S/C21H17N3O/c1-15-17-11-5-6-12-18(17)24(19-13-7-8-14-22-19)20(15)21(25)23-16-9-3-2-4-10-16/h2-14H,1H3,(H,23,25). The van der Waals surface area contributed by atoms with Crippen molar-refractivity contribution in [1.29, 1.82) is 0 Å².